The Bertz CT molecular complexity index is 179. The van der Waals surface area contributed by atoms with Gasteiger partial charge < -0.3 is 10.4 Å². The second kappa shape index (κ2) is 3.44. The molecule has 70 valence electrons. The number of hydrogen-bond donors (Lipinski definition) is 2. The Balaban J connectivity index is 2.53. The monoisotopic (exact) mass is 171 g/mol. The van der Waals surface area contributed by atoms with Gasteiger partial charge in [0.2, 0.25) is 5.91 Å². The fourth-order valence-electron chi connectivity index (χ4n) is 1.61. The maximum atomic E-state index is 11.1. The molecule has 1 saturated heterocycles. The minimum absolute atomic E-state index is 0.0202. The summed E-state index contributed by atoms with van der Waals surface area (Å²) < 4.78 is 0. The van der Waals surface area contributed by atoms with Gasteiger partial charge in [0.1, 0.15) is 0 Å². The molecule has 3 heteroatoms. The number of carbonyl (C=O) groups excluding carboxylic acids is 1. The Labute approximate surface area is 73.2 Å². The minimum Gasteiger partial charge on any atom is -0.390 e. The number of carbonyl (C=O) groups is 1. The Hall–Kier alpha value is -0.570. The zero-order valence-electron chi connectivity index (χ0n) is 7.87. The predicted molar refractivity (Wildman–Crippen MR) is 46.6 cm³/mol. The molecule has 0 spiro atoms. The van der Waals surface area contributed by atoms with Crippen molar-refractivity contribution >= 4 is 5.91 Å². The SMILES string of the molecule is CC(C)C[C@@H]1NC(=O)[C@@H](C)[C@H]1O. The second-order valence-corrected chi connectivity index (χ2v) is 4.02. The van der Waals surface area contributed by atoms with Gasteiger partial charge >= 0.3 is 0 Å². The fraction of sp³-hybridized carbons (Fsp3) is 0.889. The standard InChI is InChI=1S/C9H17NO2/c1-5(2)4-7-8(11)6(3)9(12)10-7/h5-8,11H,4H2,1-3H3,(H,10,12)/t6-,7-,8+/m0/s1. The van der Waals surface area contributed by atoms with Gasteiger partial charge in [-0.15, -0.1) is 0 Å². The first-order valence-corrected chi connectivity index (χ1v) is 4.50. The Morgan fingerprint density at radius 2 is 2.17 bits per heavy atom. The van der Waals surface area contributed by atoms with Crippen molar-refractivity contribution in [2.45, 2.75) is 39.3 Å². The Morgan fingerprint density at radius 3 is 2.50 bits per heavy atom. The molecule has 1 fully saturated rings. The van der Waals surface area contributed by atoms with E-state index < -0.39 is 6.10 Å². The van der Waals surface area contributed by atoms with E-state index in [9.17, 15) is 9.90 Å². The maximum Gasteiger partial charge on any atom is 0.225 e. The van der Waals surface area contributed by atoms with Crippen LogP contribution in [0, 0.1) is 11.8 Å². The first kappa shape index (κ1) is 9.52. The molecule has 0 aromatic carbocycles. The highest BCUT2D eigenvalue weighted by atomic mass is 16.3. The van der Waals surface area contributed by atoms with Crippen molar-refractivity contribution in [1.29, 1.82) is 0 Å². The van der Waals surface area contributed by atoms with Crippen LogP contribution in [-0.4, -0.2) is 23.2 Å². The number of hydrogen-bond acceptors (Lipinski definition) is 2. The predicted octanol–water partition coefficient (Wildman–Crippen LogP) is 0.528. The lowest BCUT2D eigenvalue weighted by Crippen LogP contribution is -2.33. The maximum absolute atomic E-state index is 11.1. The van der Waals surface area contributed by atoms with E-state index in [0.717, 1.165) is 6.42 Å². The van der Waals surface area contributed by atoms with E-state index >= 15 is 0 Å². The van der Waals surface area contributed by atoms with Crippen molar-refractivity contribution in [3.05, 3.63) is 0 Å². The summed E-state index contributed by atoms with van der Waals surface area (Å²) in [5.74, 6) is 0.247. The van der Waals surface area contributed by atoms with Crippen LogP contribution in [0.5, 0.6) is 0 Å². The van der Waals surface area contributed by atoms with Crippen molar-refractivity contribution in [2.24, 2.45) is 11.8 Å². The average molecular weight is 171 g/mol. The molecule has 0 unspecified atom stereocenters. The lowest BCUT2D eigenvalue weighted by atomic mass is 9.96. The van der Waals surface area contributed by atoms with E-state index in [1.165, 1.54) is 0 Å². The molecule has 1 amide bonds. The lowest BCUT2D eigenvalue weighted by molar-refractivity contribution is -0.123. The molecule has 0 aliphatic carbocycles. The largest absolute Gasteiger partial charge is 0.390 e. The molecule has 2 N–H and O–H groups in total. The molecule has 1 heterocycles. The Morgan fingerprint density at radius 1 is 1.58 bits per heavy atom. The van der Waals surface area contributed by atoms with Crippen LogP contribution in [0.15, 0.2) is 0 Å². The molecule has 1 aliphatic rings. The summed E-state index contributed by atoms with van der Waals surface area (Å²) >= 11 is 0. The molecular weight excluding hydrogens is 154 g/mol. The molecule has 12 heavy (non-hydrogen) atoms. The molecular formula is C9H17NO2. The number of aliphatic hydroxyl groups is 1. The average Bonchev–Trinajstić information content (AvgIpc) is 2.17. The zero-order valence-corrected chi connectivity index (χ0v) is 7.87. The van der Waals surface area contributed by atoms with Crippen molar-refractivity contribution in [3.8, 4) is 0 Å². The van der Waals surface area contributed by atoms with Gasteiger partial charge in [0.25, 0.3) is 0 Å². The molecule has 0 saturated carbocycles. The topological polar surface area (TPSA) is 49.3 Å². The normalized spacial score (nSPS) is 35.8. The summed E-state index contributed by atoms with van der Waals surface area (Å²) in [6, 6.07) is -0.0347. The van der Waals surface area contributed by atoms with Crippen molar-refractivity contribution in [2.75, 3.05) is 0 Å². The molecule has 0 aromatic rings. The molecule has 3 atom stereocenters. The van der Waals surface area contributed by atoms with E-state index in [1.54, 1.807) is 6.92 Å². The Kier molecular flexibility index (Phi) is 2.73. The van der Waals surface area contributed by atoms with Crippen LogP contribution in [0.3, 0.4) is 0 Å². The van der Waals surface area contributed by atoms with E-state index in [0.29, 0.717) is 5.92 Å². The molecule has 3 nitrogen and oxygen atoms in total. The summed E-state index contributed by atoms with van der Waals surface area (Å²) in [5, 5.41) is 12.4. The smallest absolute Gasteiger partial charge is 0.225 e. The summed E-state index contributed by atoms with van der Waals surface area (Å²) in [6.07, 6.45) is 0.358. The van der Waals surface area contributed by atoms with Gasteiger partial charge in [-0.05, 0) is 12.3 Å². The van der Waals surface area contributed by atoms with Crippen LogP contribution in [0.4, 0.5) is 0 Å². The highest BCUT2D eigenvalue weighted by molar-refractivity contribution is 5.81. The summed E-state index contributed by atoms with van der Waals surface area (Å²) in [5.41, 5.74) is 0. The first-order chi connectivity index (χ1) is 5.52. The van der Waals surface area contributed by atoms with Crippen molar-refractivity contribution < 1.29 is 9.90 Å². The van der Waals surface area contributed by atoms with Gasteiger partial charge in [0, 0.05) is 0 Å². The van der Waals surface area contributed by atoms with Crippen LogP contribution in [0.2, 0.25) is 0 Å². The summed E-state index contributed by atoms with van der Waals surface area (Å²) in [7, 11) is 0. The lowest BCUT2D eigenvalue weighted by Gasteiger charge is -2.17. The molecule has 1 aliphatic heterocycles. The van der Waals surface area contributed by atoms with Crippen LogP contribution in [0.1, 0.15) is 27.2 Å². The molecule has 0 radical (unpaired) electrons. The third kappa shape index (κ3) is 1.78. The van der Waals surface area contributed by atoms with Crippen LogP contribution >= 0.6 is 0 Å². The van der Waals surface area contributed by atoms with E-state index in [1.807, 2.05) is 0 Å². The van der Waals surface area contributed by atoms with Gasteiger partial charge in [-0.3, -0.25) is 4.79 Å². The molecule has 0 aromatic heterocycles. The third-order valence-corrected chi connectivity index (χ3v) is 2.39. The number of amides is 1. The highest BCUT2D eigenvalue weighted by Crippen LogP contribution is 2.20. The number of aliphatic hydroxyl groups excluding tert-OH is 1. The van der Waals surface area contributed by atoms with Gasteiger partial charge in [0.05, 0.1) is 18.1 Å². The second-order valence-electron chi connectivity index (χ2n) is 4.02. The van der Waals surface area contributed by atoms with Crippen molar-refractivity contribution in [1.82, 2.24) is 5.32 Å². The van der Waals surface area contributed by atoms with Crippen molar-refractivity contribution in [3.63, 3.8) is 0 Å². The minimum atomic E-state index is -0.500. The first-order valence-electron chi connectivity index (χ1n) is 4.50. The summed E-state index contributed by atoms with van der Waals surface area (Å²) in [4.78, 5) is 11.1. The molecule has 0 bridgehead atoms. The van der Waals surface area contributed by atoms with E-state index in [-0.39, 0.29) is 17.9 Å². The van der Waals surface area contributed by atoms with Gasteiger partial charge in [-0.1, -0.05) is 20.8 Å². The van der Waals surface area contributed by atoms with Crippen LogP contribution < -0.4 is 5.32 Å². The fourth-order valence-corrected chi connectivity index (χ4v) is 1.61. The zero-order chi connectivity index (χ0) is 9.30. The number of rotatable bonds is 2. The highest BCUT2D eigenvalue weighted by Gasteiger charge is 2.37. The van der Waals surface area contributed by atoms with E-state index in [4.69, 9.17) is 0 Å². The van der Waals surface area contributed by atoms with Gasteiger partial charge in [-0.25, -0.2) is 0 Å². The van der Waals surface area contributed by atoms with Crippen LogP contribution in [0.25, 0.3) is 0 Å². The number of nitrogens with one attached hydrogen (secondary N) is 1. The van der Waals surface area contributed by atoms with E-state index in [2.05, 4.69) is 19.2 Å². The molecule has 1 rings (SSSR count). The summed E-state index contributed by atoms with van der Waals surface area (Å²) in [6.45, 7) is 5.93. The quantitative estimate of drug-likeness (QED) is 0.636. The van der Waals surface area contributed by atoms with Crippen LogP contribution in [-0.2, 0) is 4.79 Å². The van der Waals surface area contributed by atoms with Gasteiger partial charge in [0.15, 0.2) is 0 Å². The van der Waals surface area contributed by atoms with Gasteiger partial charge in [-0.2, -0.15) is 0 Å². The third-order valence-electron chi connectivity index (χ3n) is 2.39.